The van der Waals surface area contributed by atoms with Crippen LogP contribution in [0.15, 0.2) is 17.4 Å². The molecule has 0 spiro atoms. The molecule has 24 heavy (non-hydrogen) atoms. The molecule has 1 aromatic rings. The van der Waals surface area contributed by atoms with Crippen molar-refractivity contribution >= 4 is 41.7 Å². The zero-order valence-corrected chi connectivity index (χ0v) is 18.4. The number of guanidine groups is 1. The summed E-state index contributed by atoms with van der Waals surface area (Å²) in [5.41, 5.74) is 1.12. The Morgan fingerprint density at radius 2 is 2.29 bits per heavy atom. The van der Waals surface area contributed by atoms with Crippen LogP contribution in [0.2, 0.25) is 0 Å². The van der Waals surface area contributed by atoms with Crippen molar-refractivity contribution in [3.05, 3.63) is 18.0 Å². The molecule has 1 atom stereocenters. The van der Waals surface area contributed by atoms with Gasteiger partial charge in [-0.1, -0.05) is 0 Å². The molecule has 0 bridgehead atoms. The number of nitrogens with one attached hydrogen (secondary N) is 1. The van der Waals surface area contributed by atoms with Gasteiger partial charge in [0.1, 0.15) is 6.10 Å². The maximum Gasteiger partial charge on any atom is 0.194 e. The van der Waals surface area contributed by atoms with E-state index in [0.29, 0.717) is 6.61 Å². The van der Waals surface area contributed by atoms with Gasteiger partial charge in [0.25, 0.3) is 0 Å². The van der Waals surface area contributed by atoms with Crippen LogP contribution in [0, 0.1) is 0 Å². The molecule has 8 heteroatoms. The lowest BCUT2D eigenvalue weighted by atomic mass is 10.1. The van der Waals surface area contributed by atoms with Gasteiger partial charge in [0, 0.05) is 36.6 Å². The van der Waals surface area contributed by atoms with E-state index >= 15 is 0 Å². The third kappa shape index (κ3) is 6.11. The topological polar surface area (TPSA) is 54.7 Å². The molecule has 0 aromatic carbocycles. The molecular formula is C16H30IN5OS. The van der Waals surface area contributed by atoms with E-state index < -0.39 is 0 Å². The SMILES string of the molecule is CCNC(=NCC(C)(C)SC)N1CCOC(c2cnn(C)c2)C1.I. The fourth-order valence-corrected chi connectivity index (χ4v) is 2.60. The second kappa shape index (κ2) is 9.86. The van der Waals surface area contributed by atoms with Gasteiger partial charge in [-0.25, -0.2) is 0 Å². The highest BCUT2D eigenvalue weighted by Gasteiger charge is 2.25. The van der Waals surface area contributed by atoms with E-state index in [2.05, 4.69) is 42.3 Å². The number of nitrogens with zero attached hydrogens (tertiary/aromatic N) is 4. The summed E-state index contributed by atoms with van der Waals surface area (Å²) in [4.78, 5) is 7.14. The maximum atomic E-state index is 5.92. The van der Waals surface area contributed by atoms with Crippen molar-refractivity contribution in [2.75, 3.05) is 39.0 Å². The van der Waals surface area contributed by atoms with Crippen LogP contribution in [0.3, 0.4) is 0 Å². The molecule has 1 unspecified atom stereocenters. The highest BCUT2D eigenvalue weighted by molar-refractivity contribution is 14.0. The number of rotatable bonds is 5. The van der Waals surface area contributed by atoms with Gasteiger partial charge in [0.05, 0.1) is 25.9 Å². The van der Waals surface area contributed by atoms with Crippen molar-refractivity contribution in [2.45, 2.75) is 31.6 Å². The first-order valence-electron chi connectivity index (χ1n) is 8.13. The van der Waals surface area contributed by atoms with Crippen molar-refractivity contribution in [3.63, 3.8) is 0 Å². The lowest BCUT2D eigenvalue weighted by Crippen LogP contribution is -2.48. The van der Waals surface area contributed by atoms with E-state index in [0.717, 1.165) is 37.7 Å². The van der Waals surface area contributed by atoms with Crippen LogP contribution < -0.4 is 5.32 Å². The molecule has 1 N–H and O–H groups in total. The zero-order chi connectivity index (χ0) is 16.9. The minimum Gasteiger partial charge on any atom is -0.370 e. The number of aromatic nitrogens is 2. The average Bonchev–Trinajstić information content (AvgIpc) is 2.98. The Balaban J connectivity index is 0.00000288. The summed E-state index contributed by atoms with van der Waals surface area (Å²) in [6.45, 7) is 10.6. The van der Waals surface area contributed by atoms with Crippen molar-refractivity contribution in [3.8, 4) is 0 Å². The molecule has 6 nitrogen and oxygen atoms in total. The van der Waals surface area contributed by atoms with Crippen LogP contribution in [-0.4, -0.2) is 64.4 Å². The Morgan fingerprint density at radius 3 is 2.88 bits per heavy atom. The Bertz CT molecular complexity index is 534. The van der Waals surface area contributed by atoms with Gasteiger partial charge in [0.2, 0.25) is 0 Å². The molecule has 2 rings (SSSR count). The molecule has 138 valence electrons. The third-order valence-electron chi connectivity index (χ3n) is 3.96. The van der Waals surface area contributed by atoms with Crippen LogP contribution in [0.1, 0.15) is 32.4 Å². The first-order chi connectivity index (χ1) is 10.9. The lowest BCUT2D eigenvalue weighted by molar-refractivity contribution is -0.00804. The van der Waals surface area contributed by atoms with Crippen LogP contribution in [0.5, 0.6) is 0 Å². The molecule has 1 aliphatic rings. The molecular weight excluding hydrogens is 437 g/mol. The smallest absolute Gasteiger partial charge is 0.194 e. The number of hydrogen-bond donors (Lipinski definition) is 1. The summed E-state index contributed by atoms with van der Waals surface area (Å²) in [7, 11) is 1.93. The summed E-state index contributed by atoms with van der Waals surface area (Å²) in [6.07, 6.45) is 6.09. The summed E-state index contributed by atoms with van der Waals surface area (Å²) in [5.74, 6) is 0.979. The van der Waals surface area contributed by atoms with Gasteiger partial charge in [0.15, 0.2) is 5.96 Å². The Hall–Kier alpha value is -0.480. The molecule has 0 amide bonds. The van der Waals surface area contributed by atoms with Crippen molar-refractivity contribution in [2.24, 2.45) is 12.0 Å². The van der Waals surface area contributed by atoms with E-state index in [1.165, 1.54) is 0 Å². The number of aliphatic imine (C=N–C) groups is 1. The standard InChI is InChI=1S/C16H29N5OS.HI/c1-6-17-15(18-12-16(2,3)23-5)21-7-8-22-14(11-21)13-9-19-20(4)10-13;/h9-10,14H,6-8,11-12H2,1-5H3,(H,17,18);1H. The number of hydrogen-bond acceptors (Lipinski definition) is 4. The molecule has 1 aliphatic heterocycles. The number of ether oxygens (including phenoxy) is 1. The molecule has 1 aromatic heterocycles. The first kappa shape index (κ1) is 21.6. The monoisotopic (exact) mass is 467 g/mol. The summed E-state index contributed by atoms with van der Waals surface area (Å²) in [6, 6.07) is 0. The van der Waals surface area contributed by atoms with Crippen molar-refractivity contribution < 1.29 is 4.74 Å². The lowest BCUT2D eigenvalue weighted by Gasteiger charge is -2.35. The fourth-order valence-electron chi connectivity index (χ4n) is 2.41. The summed E-state index contributed by atoms with van der Waals surface area (Å²) in [5, 5.41) is 7.66. The Kier molecular flexibility index (Phi) is 8.86. The Morgan fingerprint density at radius 1 is 1.54 bits per heavy atom. The first-order valence-corrected chi connectivity index (χ1v) is 9.36. The van der Waals surface area contributed by atoms with E-state index in [-0.39, 0.29) is 34.8 Å². The Labute approximate surface area is 166 Å². The van der Waals surface area contributed by atoms with Gasteiger partial charge < -0.3 is 15.0 Å². The van der Waals surface area contributed by atoms with E-state index in [4.69, 9.17) is 9.73 Å². The predicted octanol–water partition coefficient (Wildman–Crippen LogP) is 2.52. The van der Waals surface area contributed by atoms with Gasteiger partial charge >= 0.3 is 0 Å². The minimum absolute atomic E-state index is 0. The largest absolute Gasteiger partial charge is 0.370 e. The highest BCUT2D eigenvalue weighted by atomic mass is 127. The predicted molar refractivity (Wildman–Crippen MR) is 112 cm³/mol. The number of aryl methyl sites for hydroxylation is 1. The number of morpholine rings is 1. The maximum absolute atomic E-state index is 5.92. The van der Waals surface area contributed by atoms with Crippen molar-refractivity contribution in [1.29, 1.82) is 0 Å². The fraction of sp³-hybridized carbons (Fsp3) is 0.750. The van der Waals surface area contributed by atoms with E-state index in [1.807, 2.05) is 35.9 Å². The highest BCUT2D eigenvalue weighted by Crippen LogP contribution is 2.23. The zero-order valence-electron chi connectivity index (χ0n) is 15.3. The summed E-state index contributed by atoms with van der Waals surface area (Å²) >= 11 is 1.84. The van der Waals surface area contributed by atoms with Gasteiger partial charge in [-0.05, 0) is 27.0 Å². The quantitative estimate of drug-likeness (QED) is 0.410. The second-order valence-corrected chi connectivity index (χ2v) is 7.90. The molecule has 0 aliphatic carbocycles. The molecule has 0 radical (unpaired) electrons. The third-order valence-corrected chi connectivity index (χ3v) is 5.19. The van der Waals surface area contributed by atoms with Gasteiger partial charge in [-0.15, -0.1) is 24.0 Å². The average molecular weight is 467 g/mol. The van der Waals surface area contributed by atoms with Crippen LogP contribution in [0.4, 0.5) is 0 Å². The van der Waals surface area contributed by atoms with E-state index in [1.54, 1.807) is 0 Å². The molecule has 1 fully saturated rings. The van der Waals surface area contributed by atoms with E-state index in [9.17, 15) is 0 Å². The minimum atomic E-state index is 0. The second-order valence-electron chi connectivity index (χ2n) is 6.39. The van der Waals surface area contributed by atoms with Crippen LogP contribution >= 0.6 is 35.7 Å². The van der Waals surface area contributed by atoms with Crippen LogP contribution in [-0.2, 0) is 11.8 Å². The molecule has 2 heterocycles. The van der Waals surface area contributed by atoms with Crippen molar-refractivity contribution in [1.82, 2.24) is 20.0 Å². The number of thioether (sulfide) groups is 1. The van der Waals surface area contributed by atoms with Gasteiger partial charge in [-0.2, -0.15) is 16.9 Å². The normalized spacial score (nSPS) is 19.1. The number of halogens is 1. The molecule has 1 saturated heterocycles. The molecule has 0 saturated carbocycles. The van der Waals surface area contributed by atoms with Gasteiger partial charge in [-0.3, -0.25) is 9.67 Å². The van der Waals surface area contributed by atoms with Crippen LogP contribution in [0.25, 0.3) is 0 Å². The summed E-state index contributed by atoms with van der Waals surface area (Å²) < 4.78 is 7.89.